The Balaban J connectivity index is 2.05. The Kier molecular flexibility index (Phi) is 6.02. The van der Waals surface area contributed by atoms with Crippen LogP contribution in [0.25, 0.3) is 0 Å². The van der Waals surface area contributed by atoms with Crippen molar-refractivity contribution in [3.8, 4) is 0 Å². The predicted molar refractivity (Wildman–Crippen MR) is 94.6 cm³/mol. The van der Waals surface area contributed by atoms with Crippen LogP contribution in [-0.4, -0.2) is 61.4 Å². The van der Waals surface area contributed by atoms with Gasteiger partial charge in [0.05, 0.1) is 0 Å². The smallest absolute Gasteiger partial charge is 0.243 e. The number of benzene rings is 1. The van der Waals surface area contributed by atoms with Crippen LogP contribution in [0.2, 0.25) is 0 Å². The zero-order valence-corrected chi connectivity index (χ0v) is 14.6. The second-order valence-corrected chi connectivity index (χ2v) is 6.57. The maximum atomic E-state index is 11.8. The van der Waals surface area contributed by atoms with Gasteiger partial charge in [-0.05, 0) is 25.8 Å². The molecule has 0 bridgehead atoms. The van der Waals surface area contributed by atoms with Crippen LogP contribution in [0.3, 0.4) is 0 Å². The first kappa shape index (κ1) is 17.3. The Morgan fingerprint density at radius 1 is 1.35 bits per heavy atom. The molecular weight excluding hydrogens is 288 g/mol. The zero-order chi connectivity index (χ0) is 16.8. The van der Waals surface area contributed by atoms with Crippen LogP contribution in [0.15, 0.2) is 35.3 Å². The fraction of sp³-hybridized carbons (Fsp3) is 0.556. The van der Waals surface area contributed by atoms with Gasteiger partial charge < -0.3 is 15.1 Å². The Hall–Kier alpha value is -2.04. The third-order valence-electron chi connectivity index (χ3n) is 4.04. The molecular formula is C18H28N4O. The highest BCUT2D eigenvalue weighted by Gasteiger charge is 2.26. The number of amides is 1. The highest BCUT2D eigenvalue weighted by Crippen LogP contribution is 2.26. The lowest BCUT2D eigenvalue weighted by molar-refractivity contribution is -0.127. The third-order valence-corrected chi connectivity index (χ3v) is 4.04. The molecule has 1 N–H and O–H groups in total. The van der Waals surface area contributed by atoms with Crippen LogP contribution in [0.1, 0.15) is 31.7 Å². The third kappa shape index (κ3) is 4.98. The Bertz CT molecular complexity index is 539. The molecule has 0 saturated carbocycles. The summed E-state index contributed by atoms with van der Waals surface area (Å²) >= 11 is 0. The van der Waals surface area contributed by atoms with Gasteiger partial charge in [0.15, 0.2) is 5.96 Å². The summed E-state index contributed by atoms with van der Waals surface area (Å²) in [4.78, 5) is 20.2. The lowest BCUT2D eigenvalue weighted by atomic mass is 9.99. The minimum Gasteiger partial charge on any atom is -0.354 e. The highest BCUT2D eigenvalue weighted by atomic mass is 16.2. The second kappa shape index (κ2) is 7.99. The molecule has 0 radical (unpaired) electrons. The first-order valence-electron chi connectivity index (χ1n) is 8.28. The van der Waals surface area contributed by atoms with Crippen molar-refractivity contribution in [3.05, 3.63) is 35.9 Å². The van der Waals surface area contributed by atoms with Gasteiger partial charge in [-0.3, -0.25) is 4.79 Å². The maximum Gasteiger partial charge on any atom is 0.243 e. The summed E-state index contributed by atoms with van der Waals surface area (Å²) in [5.74, 6) is 1.39. The molecule has 1 aromatic carbocycles. The topological polar surface area (TPSA) is 47.9 Å². The van der Waals surface area contributed by atoms with Crippen LogP contribution in [0.5, 0.6) is 0 Å². The molecule has 1 aromatic rings. The first-order valence-corrected chi connectivity index (χ1v) is 8.28. The van der Waals surface area contributed by atoms with E-state index >= 15 is 0 Å². The van der Waals surface area contributed by atoms with E-state index in [-0.39, 0.29) is 12.5 Å². The number of carbonyl (C=O) groups is 1. The molecule has 1 unspecified atom stereocenters. The standard InChI is InChI=1S/C18H28N4O/c1-14(2)20-18(19-12-17(23)21(3)4)22-11-10-16(13-22)15-8-6-5-7-9-15/h5-9,14,16H,10-13H2,1-4H3,(H,19,20). The van der Waals surface area contributed by atoms with Crippen molar-refractivity contribution < 1.29 is 4.79 Å². The number of rotatable bonds is 4. The molecule has 126 valence electrons. The second-order valence-electron chi connectivity index (χ2n) is 6.57. The molecule has 1 atom stereocenters. The Morgan fingerprint density at radius 2 is 2.04 bits per heavy atom. The van der Waals surface area contributed by atoms with Crippen molar-refractivity contribution in [2.75, 3.05) is 33.7 Å². The molecule has 5 nitrogen and oxygen atoms in total. The molecule has 0 aliphatic carbocycles. The summed E-state index contributed by atoms with van der Waals surface area (Å²) < 4.78 is 0. The van der Waals surface area contributed by atoms with Gasteiger partial charge in [-0.1, -0.05) is 30.3 Å². The van der Waals surface area contributed by atoms with Crippen molar-refractivity contribution in [2.24, 2.45) is 4.99 Å². The van der Waals surface area contributed by atoms with E-state index < -0.39 is 0 Å². The van der Waals surface area contributed by atoms with E-state index in [9.17, 15) is 4.79 Å². The summed E-state index contributed by atoms with van der Waals surface area (Å²) in [6.45, 7) is 6.28. The van der Waals surface area contributed by atoms with Crippen LogP contribution in [0, 0.1) is 0 Å². The molecule has 1 aliphatic heterocycles. The number of likely N-dealkylation sites (N-methyl/N-ethyl adjacent to an activating group) is 1. The van der Waals surface area contributed by atoms with Gasteiger partial charge in [-0.15, -0.1) is 0 Å². The van der Waals surface area contributed by atoms with Gasteiger partial charge in [0.2, 0.25) is 5.91 Å². The summed E-state index contributed by atoms with van der Waals surface area (Å²) in [6.07, 6.45) is 1.12. The molecule has 1 heterocycles. The number of carbonyl (C=O) groups excluding carboxylic acids is 1. The van der Waals surface area contributed by atoms with Gasteiger partial charge in [0, 0.05) is 39.1 Å². The Labute approximate surface area is 139 Å². The van der Waals surface area contributed by atoms with E-state index in [1.807, 2.05) is 0 Å². The van der Waals surface area contributed by atoms with E-state index in [1.165, 1.54) is 5.56 Å². The van der Waals surface area contributed by atoms with Crippen LogP contribution in [0.4, 0.5) is 0 Å². The fourth-order valence-electron chi connectivity index (χ4n) is 2.73. The van der Waals surface area contributed by atoms with Gasteiger partial charge in [-0.2, -0.15) is 0 Å². The largest absolute Gasteiger partial charge is 0.354 e. The van der Waals surface area contributed by atoms with E-state index in [0.29, 0.717) is 12.0 Å². The molecule has 1 amide bonds. The van der Waals surface area contributed by atoms with Crippen LogP contribution < -0.4 is 5.32 Å². The van der Waals surface area contributed by atoms with Crippen molar-refractivity contribution in [1.82, 2.24) is 15.1 Å². The summed E-state index contributed by atoms with van der Waals surface area (Å²) in [6, 6.07) is 10.9. The lowest BCUT2D eigenvalue weighted by Gasteiger charge is -2.24. The fourth-order valence-corrected chi connectivity index (χ4v) is 2.73. The normalized spacial score (nSPS) is 18.4. The van der Waals surface area contributed by atoms with E-state index in [2.05, 4.69) is 59.4 Å². The summed E-state index contributed by atoms with van der Waals surface area (Å²) in [5.41, 5.74) is 1.38. The Morgan fingerprint density at radius 3 is 2.65 bits per heavy atom. The number of aliphatic imine (C=N–C) groups is 1. The van der Waals surface area contributed by atoms with E-state index in [4.69, 9.17) is 0 Å². The van der Waals surface area contributed by atoms with Crippen molar-refractivity contribution in [2.45, 2.75) is 32.2 Å². The average Bonchev–Trinajstić information content (AvgIpc) is 3.01. The van der Waals surface area contributed by atoms with Gasteiger partial charge >= 0.3 is 0 Å². The van der Waals surface area contributed by atoms with E-state index in [1.54, 1.807) is 19.0 Å². The zero-order valence-electron chi connectivity index (χ0n) is 14.6. The molecule has 0 spiro atoms. The van der Waals surface area contributed by atoms with Gasteiger partial charge in [0.1, 0.15) is 6.54 Å². The number of hydrogen-bond donors (Lipinski definition) is 1. The number of guanidine groups is 1. The summed E-state index contributed by atoms with van der Waals surface area (Å²) in [7, 11) is 3.52. The van der Waals surface area contributed by atoms with Crippen LogP contribution >= 0.6 is 0 Å². The molecule has 1 aliphatic rings. The SMILES string of the molecule is CC(C)NC(=NCC(=O)N(C)C)N1CCC(c2ccccc2)C1. The molecule has 5 heteroatoms. The average molecular weight is 316 g/mol. The van der Waals surface area contributed by atoms with Crippen LogP contribution in [-0.2, 0) is 4.79 Å². The molecule has 1 fully saturated rings. The number of likely N-dealkylation sites (tertiary alicyclic amines) is 1. The molecule has 2 rings (SSSR count). The predicted octanol–water partition coefficient (Wildman–Crippen LogP) is 1.92. The summed E-state index contributed by atoms with van der Waals surface area (Å²) in [5, 5.41) is 3.39. The first-order chi connectivity index (χ1) is 11.0. The quantitative estimate of drug-likeness (QED) is 0.682. The van der Waals surface area contributed by atoms with Crippen molar-refractivity contribution in [1.29, 1.82) is 0 Å². The monoisotopic (exact) mass is 316 g/mol. The van der Waals surface area contributed by atoms with Gasteiger partial charge in [0.25, 0.3) is 0 Å². The molecule has 23 heavy (non-hydrogen) atoms. The lowest BCUT2D eigenvalue weighted by Crippen LogP contribution is -2.43. The number of nitrogens with one attached hydrogen (secondary N) is 1. The van der Waals surface area contributed by atoms with Crippen molar-refractivity contribution >= 4 is 11.9 Å². The minimum atomic E-state index is 0.0202. The highest BCUT2D eigenvalue weighted by molar-refractivity contribution is 5.85. The van der Waals surface area contributed by atoms with Gasteiger partial charge in [-0.25, -0.2) is 4.99 Å². The minimum absolute atomic E-state index is 0.0202. The molecule has 0 aromatic heterocycles. The maximum absolute atomic E-state index is 11.8. The number of nitrogens with zero attached hydrogens (tertiary/aromatic N) is 3. The molecule has 1 saturated heterocycles. The van der Waals surface area contributed by atoms with Crippen molar-refractivity contribution in [3.63, 3.8) is 0 Å². The number of hydrogen-bond acceptors (Lipinski definition) is 2. The van der Waals surface area contributed by atoms with E-state index in [0.717, 1.165) is 25.5 Å².